The minimum absolute atomic E-state index is 0.189. The van der Waals surface area contributed by atoms with Gasteiger partial charge in [0.05, 0.1) is 5.60 Å². The maximum Gasteiger partial charge on any atom is 0.0653 e. The average Bonchev–Trinajstić information content (AvgIpc) is 2.37. The zero-order valence-corrected chi connectivity index (χ0v) is 12.7. The molecule has 106 valence electrons. The van der Waals surface area contributed by atoms with Crippen molar-refractivity contribution >= 4 is 0 Å². The van der Waals surface area contributed by atoms with Crippen LogP contribution in [0, 0.1) is 5.41 Å². The van der Waals surface area contributed by atoms with Crippen molar-refractivity contribution in [1.82, 2.24) is 0 Å². The fourth-order valence-corrected chi connectivity index (χ4v) is 3.40. The maximum absolute atomic E-state index is 10.9. The normalized spacial score (nSPS) is 21.1. The van der Waals surface area contributed by atoms with Gasteiger partial charge in [-0.05, 0) is 36.2 Å². The Balaban J connectivity index is 2.20. The summed E-state index contributed by atoms with van der Waals surface area (Å²) in [6.45, 7) is 6.87. The second-order valence-electron chi connectivity index (χ2n) is 7.32. The van der Waals surface area contributed by atoms with Gasteiger partial charge < -0.3 is 5.11 Å². The summed E-state index contributed by atoms with van der Waals surface area (Å²) in [4.78, 5) is 0. The predicted molar refractivity (Wildman–Crippen MR) is 81.3 cm³/mol. The summed E-state index contributed by atoms with van der Waals surface area (Å²) < 4.78 is 0. The van der Waals surface area contributed by atoms with E-state index in [1.54, 1.807) is 0 Å². The maximum atomic E-state index is 10.9. The van der Waals surface area contributed by atoms with Crippen molar-refractivity contribution in [1.29, 1.82) is 0 Å². The van der Waals surface area contributed by atoms with E-state index in [0.29, 0.717) is 5.92 Å². The molecular weight excluding hydrogens is 232 g/mol. The zero-order chi connectivity index (χ0) is 13.9. The molecule has 1 aliphatic carbocycles. The van der Waals surface area contributed by atoms with E-state index in [0.717, 1.165) is 19.3 Å². The van der Waals surface area contributed by atoms with E-state index in [9.17, 15) is 5.11 Å². The Morgan fingerprint density at radius 1 is 1.05 bits per heavy atom. The average molecular weight is 260 g/mol. The highest BCUT2D eigenvalue weighted by Crippen LogP contribution is 2.44. The molecule has 0 amide bonds. The molecule has 19 heavy (non-hydrogen) atoms. The van der Waals surface area contributed by atoms with Crippen molar-refractivity contribution < 1.29 is 5.11 Å². The fraction of sp³-hybridized carbons (Fsp3) is 0.667. The van der Waals surface area contributed by atoms with Gasteiger partial charge in [-0.2, -0.15) is 0 Å². The van der Waals surface area contributed by atoms with Gasteiger partial charge in [0.2, 0.25) is 0 Å². The Labute approximate surface area is 118 Å². The van der Waals surface area contributed by atoms with Crippen molar-refractivity contribution in [2.45, 2.75) is 70.8 Å². The first-order chi connectivity index (χ1) is 8.91. The molecule has 1 nitrogen and oxygen atoms in total. The molecule has 1 heteroatoms. The van der Waals surface area contributed by atoms with Gasteiger partial charge in [0, 0.05) is 0 Å². The molecule has 1 aliphatic rings. The molecule has 1 unspecified atom stereocenters. The third-order valence-corrected chi connectivity index (χ3v) is 4.62. The van der Waals surface area contributed by atoms with Crippen molar-refractivity contribution in [3.8, 4) is 0 Å². The molecule has 0 saturated heterocycles. The van der Waals surface area contributed by atoms with Crippen LogP contribution in [0.5, 0.6) is 0 Å². The summed E-state index contributed by atoms with van der Waals surface area (Å²) in [6, 6.07) is 10.7. The van der Waals surface area contributed by atoms with Crippen LogP contribution < -0.4 is 0 Å². The van der Waals surface area contributed by atoms with Crippen LogP contribution in [0.1, 0.15) is 70.8 Å². The van der Waals surface area contributed by atoms with Crippen molar-refractivity contribution in [3.05, 3.63) is 35.9 Å². The van der Waals surface area contributed by atoms with Gasteiger partial charge in [0.25, 0.3) is 0 Å². The molecule has 1 saturated carbocycles. The zero-order valence-electron chi connectivity index (χ0n) is 12.7. The van der Waals surface area contributed by atoms with Gasteiger partial charge in [0.15, 0.2) is 0 Å². The van der Waals surface area contributed by atoms with Crippen LogP contribution in [0.3, 0.4) is 0 Å². The Bertz CT molecular complexity index is 382. The van der Waals surface area contributed by atoms with E-state index in [2.05, 4.69) is 51.1 Å². The predicted octanol–water partition coefficient (Wildman–Crippen LogP) is 4.90. The highest BCUT2D eigenvalue weighted by molar-refractivity contribution is 5.22. The highest BCUT2D eigenvalue weighted by atomic mass is 16.3. The van der Waals surface area contributed by atoms with Gasteiger partial charge in [-0.15, -0.1) is 0 Å². The van der Waals surface area contributed by atoms with Crippen LogP contribution in [0.25, 0.3) is 0 Å². The minimum atomic E-state index is -0.438. The number of aliphatic hydroxyl groups is 1. The molecule has 0 bridgehead atoms. The van der Waals surface area contributed by atoms with Crippen molar-refractivity contribution in [2.75, 3.05) is 0 Å². The van der Waals surface area contributed by atoms with Crippen LogP contribution in [0.4, 0.5) is 0 Å². The number of hydrogen-bond donors (Lipinski definition) is 1. The number of benzene rings is 1. The Morgan fingerprint density at radius 3 is 2.16 bits per heavy atom. The summed E-state index contributed by atoms with van der Waals surface area (Å²) in [5.41, 5.74) is 1.12. The molecule has 1 N–H and O–H groups in total. The van der Waals surface area contributed by atoms with Crippen LogP contribution in [-0.2, 0) is 0 Å². The molecule has 2 rings (SSSR count). The molecule has 1 aromatic carbocycles. The molecule has 0 aliphatic heterocycles. The first kappa shape index (κ1) is 14.6. The lowest BCUT2D eigenvalue weighted by atomic mass is 9.68. The molecule has 1 aromatic rings. The van der Waals surface area contributed by atoms with E-state index >= 15 is 0 Å². The van der Waals surface area contributed by atoms with E-state index in [1.165, 1.54) is 24.8 Å². The highest BCUT2D eigenvalue weighted by Gasteiger charge is 2.37. The van der Waals surface area contributed by atoms with Crippen molar-refractivity contribution in [2.24, 2.45) is 5.41 Å². The van der Waals surface area contributed by atoms with Gasteiger partial charge in [-0.1, -0.05) is 70.4 Å². The smallest absolute Gasteiger partial charge is 0.0653 e. The third kappa shape index (κ3) is 3.82. The largest absolute Gasteiger partial charge is 0.390 e. The molecule has 0 radical (unpaired) electrons. The lowest BCUT2D eigenvalue weighted by Gasteiger charge is -2.40. The van der Waals surface area contributed by atoms with E-state index in [4.69, 9.17) is 0 Å². The Kier molecular flexibility index (Phi) is 4.35. The second-order valence-corrected chi connectivity index (χ2v) is 7.32. The van der Waals surface area contributed by atoms with Crippen LogP contribution in [0.15, 0.2) is 30.3 Å². The topological polar surface area (TPSA) is 20.2 Å². The molecular formula is C18H28O. The molecule has 1 fully saturated rings. The second kappa shape index (κ2) is 5.66. The summed E-state index contributed by atoms with van der Waals surface area (Å²) in [7, 11) is 0. The monoisotopic (exact) mass is 260 g/mol. The van der Waals surface area contributed by atoms with Crippen LogP contribution >= 0.6 is 0 Å². The Hall–Kier alpha value is -0.820. The first-order valence-electron chi connectivity index (χ1n) is 7.68. The third-order valence-electron chi connectivity index (χ3n) is 4.62. The first-order valence-corrected chi connectivity index (χ1v) is 7.68. The molecule has 0 heterocycles. The molecule has 1 atom stereocenters. The van der Waals surface area contributed by atoms with Gasteiger partial charge in [-0.3, -0.25) is 0 Å². The Morgan fingerprint density at radius 2 is 1.63 bits per heavy atom. The van der Waals surface area contributed by atoms with Crippen molar-refractivity contribution in [3.63, 3.8) is 0 Å². The number of hydrogen-bond acceptors (Lipinski definition) is 1. The quantitative estimate of drug-likeness (QED) is 0.819. The number of rotatable bonds is 3. The van der Waals surface area contributed by atoms with Gasteiger partial charge >= 0.3 is 0 Å². The van der Waals surface area contributed by atoms with Crippen LogP contribution in [0.2, 0.25) is 0 Å². The van der Waals surface area contributed by atoms with E-state index < -0.39 is 5.60 Å². The van der Waals surface area contributed by atoms with Gasteiger partial charge in [-0.25, -0.2) is 0 Å². The van der Waals surface area contributed by atoms with E-state index in [1.807, 2.05) is 0 Å². The SMILES string of the molecule is CC(C)(C)C(CC1(O)CCCCC1)c1ccccc1. The summed E-state index contributed by atoms with van der Waals surface area (Å²) in [5.74, 6) is 0.428. The molecule has 0 spiro atoms. The van der Waals surface area contributed by atoms with Crippen LogP contribution in [-0.4, -0.2) is 10.7 Å². The van der Waals surface area contributed by atoms with Gasteiger partial charge in [0.1, 0.15) is 0 Å². The summed E-state index contributed by atoms with van der Waals surface area (Å²) in [6.07, 6.45) is 6.51. The lowest BCUT2D eigenvalue weighted by Crippen LogP contribution is -2.36. The fourth-order valence-electron chi connectivity index (χ4n) is 3.40. The van der Waals surface area contributed by atoms with E-state index in [-0.39, 0.29) is 5.41 Å². The summed E-state index contributed by atoms with van der Waals surface area (Å²) >= 11 is 0. The standard InChI is InChI=1S/C18H28O/c1-17(2,3)16(15-10-6-4-7-11-15)14-18(19)12-8-5-9-13-18/h4,6-7,10-11,16,19H,5,8-9,12-14H2,1-3H3. The summed E-state index contributed by atoms with van der Waals surface area (Å²) in [5, 5.41) is 10.9. The molecule has 0 aromatic heterocycles. The minimum Gasteiger partial charge on any atom is -0.390 e. The lowest BCUT2D eigenvalue weighted by molar-refractivity contribution is -0.0194.